The van der Waals surface area contributed by atoms with Crippen molar-refractivity contribution in [2.24, 2.45) is 0 Å². The summed E-state index contributed by atoms with van der Waals surface area (Å²) < 4.78 is 54.5. The van der Waals surface area contributed by atoms with Crippen LogP contribution in [0, 0.1) is 0 Å². The predicted octanol–water partition coefficient (Wildman–Crippen LogP) is 4.03. The monoisotopic (exact) mass is 407 g/mol. The molecular weight excluding hydrogens is 391 g/mol. The minimum absolute atomic E-state index is 0.0706. The topological polar surface area (TPSA) is 86.5 Å². The number of benzene rings is 1. The summed E-state index contributed by atoms with van der Waals surface area (Å²) in [5, 5.41) is 6.07. The van der Waals surface area contributed by atoms with Crippen LogP contribution >= 0.6 is 0 Å². The number of aromatic nitrogens is 2. The van der Waals surface area contributed by atoms with Crippen molar-refractivity contribution in [3.63, 3.8) is 0 Å². The van der Waals surface area contributed by atoms with E-state index in [0.717, 1.165) is 18.2 Å². The van der Waals surface area contributed by atoms with Gasteiger partial charge in [0.1, 0.15) is 12.4 Å². The van der Waals surface area contributed by atoms with E-state index in [0.29, 0.717) is 11.3 Å². The van der Waals surface area contributed by atoms with E-state index >= 15 is 0 Å². The second-order valence-electron chi connectivity index (χ2n) is 5.82. The van der Waals surface area contributed by atoms with Crippen LogP contribution in [0.2, 0.25) is 0 Å². The average molecular weight is 407 g/mol. The van der Waals surface area contributed by atoms with Gasteiger partial charge >= 0.3 is 6.18 Å². The molecule has 2 aromatic heterocycles. The Bertz CT molecular complexity index is 974. The van der Waals surface area contributed by atoms with E-state index in [4.69, 9.17) is 14.0 Å². The average Bonchev–Trinajstić information content (AvgIpc) is 3.19. The van der Waals surface area contributed by atoms with E-state index in [1.807, 2.05) is 0 Å². The molecule has 1 N–H and O–H groups in total. The van der Waals surface area contributed by atoms with Crippen LogP contribution in [0.1, 0.15) is 16.1 Å². The molecule has 2 heterocycles. The van der Waals surface area contributed by atoms with Gasteiger partial charge in [0.2, 0.25) is 0 Å². The van der Waals surface area contributed by atoms with E-state index < -0.39 is 17.6 Å². The Balaban J connectivity index is 1.83. The number of anilines is 1. The maximum Gasteiger partial charge on any atom is 0.416 e. The fraction of sp³-hybridized carbons (Fsp3) is 0.211. The Hall–Kier alpha value is -3.40. The number of ether oxygens (including phenoxy) is 2. The van der Waals surface area contributed by atoms with E-state index in [9.17, 15) is 18.0 Å². The number of methoxy groups -OCH3 is 1. The molecular formula is C19H16F3N3O4. The van der Waals surface area contributed by atoms with Gasteiger partial charge in [-0.2, -0.15) is 13.2 Å². The summed E-state index contributed by atoms with van der Waals surface area (Å²) in [5.74, 6) is -0.357. The van der Waals surface area contributed by atoms with Gasteiger partial charge in [0.15, 0.2) is 11.5 Å². The number of carbonyl (C=O) groups is 1. The van der Waals surface area contributed by atoms with Crippen molar-refractivity contribution in [2.45, 2.75) is 6.18 Å². The maximum atomic E-state index is 13.1. The van der Waals surface area contributed by atoms with Gasteiger partial charge in [-0.25, -0.2) is 0 Å². The first-order chi connectivity index (χ1) is 13.9. The molecule has 0 radical (unpaired) electrons. The molecule has 0 unspecified atom stereocenters. The molecule has 0 aliphatic heterocycles. The van der Waals surface area contributed by atoms with Crippen molar-refractivity contribution in [3.05, 3.63) is 60.0 Å². The van der Waals surface area contributed by atoms with Gasteiger partial charge in [-0.3, -0.25) is 9.78 Å². The van der Waals surface area contributed by atoms with Crippen molar-refractivity contribution >= 4 is 11.6 Å². The summed E-state index contributed by atoms with van der Waals surface area (Å²) in [6, 6.07) is 7.51. The second kappa shape index (κ2) is 8.74. The minimum atomic E-state index is -4.58. The van der Waals surface area contributed by atoms with E-state index in [1.165, 1.54) is 13.2 Å². The molecule has 0 fully saturated rings. The van der Waals surface area contributed by atoms with Crippen LogP contribution in [-0.2, 0) is 10.9 Å². The van der Waals surface area contributed by atoms with Gasteiger partial charge in [0.25, 0.3) is 5.91 Å². The van der Waals surface area contributed by atoms with Crippen LogP contribution in [0.5, 0.6) is 5.75 Å². The Morgan fingerprint density at radius 1 is 1.14 bits per heavy atom. The van der Waals surface area contributed by atoms with Crippen LogP contribution in [-0.4, -0.2) is 36.4 Å². The molecule has 0 aliphatic rings. The number of carbonyl (C=O) groups excluding carboxylic acids is 1. The van der Waals surface area contributed by atoms with Gasteiger partial charge in [0, 0.05) is 31.1 Å². The summed E-state index contributed by atoms with van der Waals surface area (Å²) in [6.45, 7) is 0.327. The van der Waals surface area contributed by atoms with Crippen molar-refractivity contribution < 1.29 is 32.0 Å². The van der Waals surface area contributed by atoms with Crippen molar-refractivity contribution in [2.75, 3.05) is 25.6 Å². The van der Waals surface area contributed by atoms with E-state index in [2.05, 4.69) is 15.5 Å². The lowest BCUT2D eigenvalue weighted by Crippen LogP contribution is -2.15. The van der Waals surface area contributed by atoms with Gasteiger partial charge in [-0.05, 0) is 30.3 Å². The summed E-state index contributed by atoms with van der Waals surface area (Å²) >= 11 is 0. The lowest BCUT2D eigenvalue weighted by Gasteiger charge is -2.14. The standard InChI is InChI=1S/C19H16F3N3O4/c1-27-8-9-28-16-3-2-13(19(20,21)22)10-14(16)24-18(26)15-11-17(29-25-15)12-4-6-23-7-5-12/h2-7,10-11H,8-9H2,1H3,(H,24,26). The van der Waals surface area contributed by atoms with Gasteiger partial charge < -0.3 is 19.3 Å². The van der Waals surface area contributed by atoms with Crippen molar-refractivity contribution in [3.8, 4) is 17.1 Å². The van der Waals surface area contributed by atoms with E-state index in [-0.39, 0.29) is 30.3 Å². The number of alkyl halides is 3. The highest BCUT2D eigenvalue weighted by atomic mass is 19.4. The molecule has 0 aliphatic carbocycles. The first kappa shape index (κ1) is 20.3. The van der Waals surface area contributed by atoms with Crippen LogP contribution in [0.4, 0.5) is 18.9 Å². The number of nitrogens with one attached hydrogen (secondary N) is 1. The number of nitrogens with zero attached hydrogens (tertiary/aromatic N) is 2. The quantitative estimate of drug-likeness (QED) is 0.595. The number of rotatable bonds is 7. The zero-order valence-electron chi connectivity index (χ0n) is 15.2. The highest BCUT2D eigenvalue weighted by Crippen LogP contribution is 2.35. The predicted molar refractivity (Wildman–Crippen MR) is 96.5 cm³/mol. The molecule has 1 amide bonds. The Kier molecular flexibility index (Phi) is 6.13. The van der Waals surface area contributed by atoms with Crippen LogP contribution in [0.15, 0.2) is 53.3 Å². The molecule has 3 aromatic rings. The number of hydrogen-bond acceptors (Lipinski definition) is 6. The number of pyridine rings is 1. The first-order valence-electron chi connectivity index (χ1n) is 8.40. The van der Waals surface area contributed by atoms with Crippen molar-refractivity contribution in [1.29, 1.82) is 0 Å². The van der Waals surface area contributed by atoms with Gasteiger partial charge in [0.05, 0.1) is 17.9 Å². The fourth-order valence-electron chi connectivity index (χ4n) is 2.39. The summed E-state index contributed by atoms with van der Waals surface area (Å²) in [4.78, 5) is 16.4. The van der Waals surface area contributed by atoms with Gasteiger partial charge in [-0.15, -0.1) is 0 Å². The third-order valence-electron chi connectivity index (χ3n) is 3.81. The summed E-state index contributed by atoms with van der Waals surface area (Å²) in [6.07, 6.45) is -1.49. The Labute approximate surface area is 163 Å². The lowest BCUT2D eigenvalue weighted by atomic mass is 10.1. The number of amides is 1. The zero-order chi connectivity index (χ0) is 20.9. The van der Waals surface area contributed by atoms with Gasteiger partial charge in [-0.1, -0.05) is 5.16 Å². The molecule has 1 aromatic carbocycles. The maximum absolute atomic E-state index is 13.1. The highest BCUT2D eigenvalue weighted by Gasteiger charge is 2.31. The van der Waals surface area contributed by atoms with Crippen LogP contribution in [0.3, 0.4) is 0 Å². The number of hydrogen-bond donors (Lipinski definition) is 1. The Morgan fingerprint density at radius 3 is 2.59 bits per heavy atom. The molecule has 152 valence electrons. The molecule has 0 bridgehead atoms. The SMILES string of the molecule is COCCOc1ccc(C(F)(F)F)cc1NC(=O)c1cc(-c2ccncc2)on1. The van der Waals surface area contributed by atoms with Crippen molar-refractivity contribution in [1.82, 2.24) is 10.1 Å². The summed E-state index contributed by atoms with van der Waals surface area (Å²) in [7, 11) is 1.46. The van der Waals surface area contributed by atoms with E-state index in [1.54, 1.807) is 24.5 Å². The number of halogens is 3. The molecule has 7 nitrogen and oxygen atoms in total. The molecule has 0 atom stereocenters. The molecule has 10 heteroatoms. The Morgan fingerprint density at radius 2 is 1.90 bits per heavy atom. The largest absolute Gasteiger partial charge is 0.489 e. The molecule has 29 heavy (non-hydrogen) atoms. The molecule has 3 rings (SSSR count). The van der Waals surface area contributed by atoms with Crippen LogP contribution in [0.25, 0.3) is 11.3 Å². The third-order valence-corrected chi connectivity index (χ3v) is 3.81. The minimum Gasteiger partial charge on any atom is -0.489 e. The van der Waals surface area contributed by atoms with Crippen LogP contribution < -0.4 is 10.1 Å². The fourth-order valence-corrected chi connectivity index (χ4v) is 2.39. The molecule has 0 saturated carbocycles. The zero-order valence-corrected chi connectivity index (χ0v) is 15.2. The molecule has 0 saturated heterocycles. The first-order valence-corrected chi connectivity index (χ1v) is 8.40. The molecule has 0 spiro atoms. The third kappa shape index (κ3) is 5.11. The normalized spacial score (nSPS) is 11.3. The highest BCUT2D eigenvalue weighted by molar-refractivity contribution is 6.04. The lowest BCUT2D eigenvalue weighted by molar-refractivity contribution is -0.137. The second-order valence-corrected chi connectivity index (χ2v) is 5.82. The summed E-state index contributed by atoms with van der Waals surface area (Å²) in [5.41, 5.74) is -0.523. The smallest absolute Gasteiger partial charge is 0.416 e.